The summed E-state index contributed by atoms with van der Waals surface area (Å²) < 4.78 is 2.75. The fourth-order valence-electron chi connectivity index (χ4n) is 3.29. The fourth-order valence-corrected chi connectivity index (χ4v) is 5.04. The Bertz CT molecular complexity index is 944. The minimum Gasteiger partial charge on any atom is -0.294 e. The molecule has 3 aromatic rings. The number of hydrogen-bond acceptors (Lipinski definition) is 3. The Balaban J connectivity index is 1.82. The summed E-state index contributed by atoms with van der Waals surface area (Å²) >= 11 is 5.26. The molecule has 1 aromatic carbocycles. The fraction of sp³-hybridized carbons (Fsp3) is 0.333. The van der Waals surface area contributed by atoms with Crippen molar-refractivity contribution >= 4 is 37.5 Å². The molecule has 0 N–H and O–H groups in total. The second kappa shape index (κ2) is 5.87. The molecule has 0 aliphatic heterocycles. The van der Waals surface area contributed by atoms with Gasteiger partial charge in [-0.05, 0) is 42.4 Å². The first-order valence-corrected chi connectivity index (χ1v) is 9.47. The summed E-state index contributed by atoms with van der Waals surface area (Å²) in [6.07, 6.45) is 4.94. The molecule has 0 radical (unpaired) electrons. The van der Waals surface area contributed by atoms with Crippen LogP contribution in [0.1, 0.15) is 29.3 Å². The molecule has 0 spiro atoms. The van der Waals surface area contributed by atoms with Crippen molar-refractivity contribution in [3.05, 3.63) is 61.4 Å². The van der Waals surface area contributed by atoms with E-state index in [2.05, 4.69) is 27.8 Å². The molecule has 0 unspecified atom stereocenters. The van der Waals surface area contributed by atoms with Gasteiger partial charge in [0.25, 0.3) is 5.56 Å². The number of benzene rings is 1. The number of aromatic nitrogens is 2. The molecular formula is C18H17BrN2OS. The Morgan fingerprint density at radius 2 is 2.22 bits per heavy atom. The zero-order chi connectivity index (χ0) is 16.0. The Morgan fingerprint density at radius 3 is 3.04 bits per heavy atom. The molecule has 4 rings (SSSR count). The largest absolute Gasteiger partial charge is 0.294 e. The molecule has 1 aliphatic rings. The van der Waals surface area contributed by atoms with E-state index in [0.29, 0.717) is 12.5 Å². The average molecular weight is 389 g/mol. The topological polar surface area (TPSA) is 34.9 Å². The second-order valence-electron chi connectivity index (χ2n) is 6.30. The molecule has 5 heteroatoms. The number of thiophene rings is 1. The third-order valence-corrected chi connectivity index (χ3v) is 6.52. The van der Waals surface area contributed by atoms with Gasteiger partial charge < -0.3 is 0 Å². The van der Waals surface area contributed by atoms with Gasteiger partial charge in [-0.1, -0.05) is 41.1 Å². The molecule has 0 amide bonds. The van der Waals surface area contributed by atoms with Crippen molar-refractivity contribution in [1.29, 1.82) is 0 Å². The van der Waals surface area contributed by atoms with E-state index in [1.54, 1.807) is 22.2 Å². The van der Waals surface area contributed by atoms with Crippen LogP contribution in [0.15, 0.2) is 39.9 Å². The van der Waals surface area contributed by atoms with Gasteiger partial charge in [-0.25, -0.2) is 4.98 Å². The Labute approximate surface area is 147 Å². The number of nitrogens with zero attached hydrogens (tertiary/aromatic N) is 2. The first-order valence-electron chi connectivity index (χ1n) is 7.86. The van der Waals surface area contributed by atoms with Crippen molar-refractivity contribution in [3.8, 4) is 0 Å². The lowest BCUT2D eigenvalue weighted by atomic mass is 9.89. The summed E-state index contributed by atoms with van der Waals surface area (Å²) in [6, 6.07) is 8.00. The van der Waals surface area contributed by atoms with E-state index in [-0.39, 0.29) is 5.56 Å². The summed E-state index contributed by atoms with van der Waals surface area (Å²) in [7, 11) is 0. The van der Waals surface area contributed by atoms with E-state index in [0.717, 1.165) is 39.5 Å². The van der Waals surface area contributed by atoms with Crippen molar-refractivity contribution in [3.63, 3.8) is 0 Å². The number of fused-ring (bicyclic) bond motifs is 3. The predicted octanol–water partition coefficient (Wildman–Crippen LogP) is 4.39. The van der Waals surface area contributed by atoms with Crippen LogP contribution in [-0.2, 0) is 19.4 Å². The molecule has 3 nitrogen and oxygen atoms in total. The van der Waals surface area contributed by atoms with Crippen LogP contribution in [-0.4, -0.2) is 9.55 Å². The highest BCUT2D eigenvalue weighted by molar-refractivity contribution is 9.10. The molecular weight excluding hydrogens is 372 g/mol. The van der Waals surface area contributed by atoms with E-state index in [9.17, 15) is 4.79 Å². The highest BCUT2D eigenvalue weighted by Gasteiger charge is 2.23. The monoisotopic (exact) mass is 388 g/mol. The van der Waals surface area contributed by atoms with Gasteiger partial charge in [0.1, 0.15) is 4.83 Å². The van der Waals surface area contributed by atoms with Crippen LogP contribution in [0.4, 0.5) is 0 Å². The van der Waals surface area contributed by atoms with E-state index >= 15 is 0 Å². The van der Waals surface area contributed by atoms with Gasteiger partial charge in [0.2, 0.25) is 0 Å². The summed E-state index contributed by atoms with van der Waals surface area (Å²) in [5, 5.41) is 0.853. The highest BCUT2D eigenvalue weighted by Crippen LogP contribution is 2.35. The van der Waals surface area contributed by atoms with Gasteiger partial charge in [0.15, 0.2) is 0 Å². The number of hydrogen-bond donors (Lipinski definition) is 0. The van der Waals surface area contributed by atoms with Crippen molar-refractivity contribution in [1.82, 2.24) is 9.55 Å². The van der Waals surface area contributed by atoms with Crippen LogP contribution >= 0.6 is 27.3 Å². The zero-order valence-electron chi connectivity index (χ0n) is 12.9. The lowest BCUT2D eigenvalue weighted by molar-refractivity contribution is 0.509. The summed E-state index contributed by atoms with van der Waals surface area (Å²) in [4.78, 5) is 19.8. The van der Waals surface area contributed by atoms with Crippen LogP contribution < -0.4 is 5.56 Å². The van der Waals surface area contributed by atoms with Gasteiger partial charge in [-0.15, -0.1) is 11.3 Å². The number of rotatable bonds is 2. The van der Waals surface area contributed by atoms with Gasteiger partial charge in [-0.2, -0.15) is 0 Å². The minimum atomic E-state index is 0.0952. The summed E-state index contributed by atoms with van der Waals surface area (Å²) in [6.45, 7) is 2.83. The maximum absolute atomic E-state index is 13.0. The normalized spacial score (nSPS) is 17.4. The molecule has 0 saturated carbocycles. The predicted molar refractivity (Wildman–Crippen MR) is 98.3 cm³/mol. The zero-order valence-corrected chi connectivity index (χ0v) is 15.3. The van der Waals surface area contributed by atoms with Crippen molar-refractivity contribution in [2.75, 3.05) is 0 Å². The van der Waals surface area contributed by atoms with Crippen molar-refractivity contribution < 1.29 is 0 Å². The molecule has 118 valence electrons. The molecule has 0 bridgehead atoms. The third-order valence-electron chi connectivity index (χ3n) is 4.58. The summed E-state index contributed by atoms with van der Waals surface area (Å²) in [5.41, 5.74) is 2.44. The lowest BCUT2D eigenvalue weighted by Gasteiger charge is -2.17. The van der Waals surface area contributed by atoms with Crippen molar-refractivity contribution in [2.24, 2.45) is 5.92 Å². The molecule has 23 heavy (non-hydrogen) atoms. The van der Waals surface area contributed by atoms with Gasteiger partial charge in [0, 0.05) is 9.35 Å². The highest BCUT2D eigenvalue weighted by atomic mass is 79.9. The van der Waals surface area contributed by atoms with Gasteiger partial charge in [0.05, 0.1) is 18.3 Å². The van der Waals surface area contributed by atoms with Crippen LogP contribution in [0.25, 0.3) is 10.2 Å². The van der Waals surface area contributed by atoms with Gasteiger partial charge in [-0.3, -0.25) is 9.36 Å². The number of halogens is 1. The Hall–Kier alpha value is -1.46. The molecule has 1 aliphatic carbocycles. The SMILES string of the molecule is C[C@@H]1CCc2c(sc3ncn(Cc4ccccc4Br)c(=O)c23)C1. The van der Waals surface area contributed by atoms with E-state index in [4.69, 9.17) is 0 Å². The summed E-state index contributed by atoms with van der Waals surface area (Å²) in [5.74, 6) is 0.707. The van der Waals surface area contributed by atoms with E-state index in [1.807, 2.05) is 24.3 Å². The van der Waals surface area contributed by atoms with Gasteiger partial charge >= 0.3 is 0 Å². The maximum atomic E-state index is 13.0. The average Bonchev–Trinajstić information content (AvgIpc) is 2.90. The van der Waals surface area contributed by atoms with E-state index < -0.39 is 0 Å². The molecule has 1 atom stereocenters. The lowest BCUT2D eigenvalue weighted by Crippen LogP contribution is -2.22. The maximum Gasteiger partial charge on any atom is 0.262 e. The first kappa shape index (κ1) is 15.1. The van der Waals surface area contributed by atoms with Crippen LogP contribution in [0.3, 0.4) is 0 Å². The smallest absolute Gasteiger partial charge is 0.262 e. The standard InChI is InChI=1S/C18H17BrN2OS/c1-11-6-7-13-15(8-11)23-17-16(13)18(22)21(10-20-17)9-12-4-2-3-5-14(12)19/h2-5,10-11H,6-9H2,1H3/t11-/m1/s1. The molecule has 2 heterocycles. The number of aryl methyl sites for hydroxylation is 1. The van der Waals surface area contributed by atoms with Crippen LogP contribution in [0.5, 0.6) is 0 Å². The Morgan fingerprint density at radius 1 is 1.39 bits per heavy atom. The third kappa shape index (κ3) is 2.66. The molecule has 2 aromatic heterocycles. The van der Waals surface area contributed by atoms with Crippen molar-refractivity contribution in [2.45, 2.75) is 32.7 Å². The first-order chi connectivity index (χ1) is 11.1. The second-order valence-corrected chi connectivity index (χ2v) is 8.24. The molecule has 0 fully saturated rings. The van der Waals surface area contributed by atoms with E-state index in [1.165, 1.54) is 10.4 Å². The molecule has 0 saturated heterocycles. The Kier molecular flexibility index (Phi) is 3.85. The van der Waals surface area contributed by atoms with Crippen LogP contribution in [0.2, 0.25) is 0 Å². The quantitative estimate of drug-likeness (QED) is 0.652. The van der Waals surface area contributed by atoms with Crippen LogP contribution in [0, 0.1) is 5.92 Å². The minimum absolute atomic E-state index is 0.0952.